The van der Waals surface area contributed by atoms with Crippen LogP contribution in [0.4, 0.5) is 0 Å². The van der Waals surface area contributed by atoms with E-state index in [2.05, 4.69) is 16.0 Å². The van der Waals surface area contributed by atoms with E-state index < -0.39 is 54.3 Å². The van der Waals surface area contributed by atoms with Crippen molar-refractivity contribution >= 4 is 29.6 Å². The van der Waals surface area contributed by atoms with Crippen molar-refractivity contribution in [2.45, 2.75) is 51.2 Å². The summed E-state index contributed by atoms with van der Waals surface area (Å²) >= 11 is 0. The fourth-order valence-corrected chi connectivity index (χ4v) is 2.21. The molecular formula is C16H29N5O7. The van der Waals surface area contributed by atoms with E-state index in [0.29, 0.717) is 6.42 Å². The van der Waals surface area contributed by atoms with Crippen molar-refractivity contribution in [3.05, 3.63) is 0 Å². The average molecular weight is 403 g/mol. The summed E-state index contributed by atoms with van der Waals surface area (Å²) in [6.07, 6.45) is 0.0229. The van der Waals surface area contributed by atoms with Crippen LogP contribution in [0.2, 0.25) is 0 Å². The van der Waals surface area contributed by atoms with Crippen molar-refractivity contribution in [3.8, 4) is 0 Å². The Labute approximate surface area is 162 Å². The van der Waals surface area contributed by atoms with Gasteiger partial charge in [-0.15, -0.1) is 0 Å². The zero-order valence-electron chi connectivity index (χ0n) is 15.9. The maximum Gasteiger partial charge on any atom is 0.326 e. The van der Waals surface area contributed by atoms with Crippen LogP contribution in [-0.2, 0) is 24.0 Å². The SMILES string of the molecule is CCC(C)C(NC(=O)C(CO)NC(=O)CN)C(=O)NC(CCC(N)=O)C(=O)O. The van der Waals surface area contributed by atoms with E-state index in [-0.39, 0.29) is 25.3 Å². The largest absolute Gasteiger partial charge is 0.480 e. The summed E-state index contributed by atoms with van der Waals surface area (Å²) in [6, 6.07) is -3.81. The molecule has 0 fully saturated rings. The molecule has 0 aromatic rings. The summed E-state index contributed by atoms with van der Waals surface area (Å²) in [4.78, 5) is 58.4. The third-order valence-corrected chi connectivity index (χ3v) is 4.11. The van der Waals surface area contributed by atoms with Gasteiger partial charge in [-0.05, 0) is 12.3 Å². The molecule has 4 unspecified atom stereocenters. The zero-order valence-corrected chi connectivity index (χ0v) is 15.9. The Kier molecular flexibility index (Phi) is 11.4. The minimum atomic E-state index is -1.37. The van der Waals surface area contributed by atoms with E-state index in [0.717, 1.165) is 0 Å². The Bertz CT molecular complexity index is 584. The van der Waals surface area contributed by atoms with Gasteiger partial charge in [0, 0.05) is 6.42 Å². The van der Waals surface area contributed by atoms with Gasteiger partial charge in [-0.3, -0.25) is 19.2 Å². The molecule has 9 N–H and O–H groups in total. The average Bonchev–Trinajstić information content (AvgIpc) is 2.65. The second-order valence-electron chi connectivity index (χ2n) is 6.28. The molecule has 4 atom stereocenters. The summed E-state index contributed by atoms with van der Waals surface area (Å²) in [5, 5.41) is 25.4. The van der Waals surface area contributed by atoms with E-state index in [1.807, 2.05) is 0 Å². The number of carboxylic acid groups (broad SMARTS) is 1. The quantitative estimate of drug-likeness (QED) is 0.166. The topological polar surface area (TPSA) is 214 Å². The smallest absolute Gasteiger partial charge is 0.326 e. The Balaban J connectivity index is 5.25. The Morgan fingerprint density at radius 3 is 2.04 bits per heavy atom. The third-order valence-electron chi connectivity index (χ3n) is 4.11. The highest BCUT2D eigenvalue weighted by molar-refractivity contribution is 5.93. The Morgan fingerprint density at radius 2 is 1.61 bits per heavy atom. The fraction of sp³-hybridized carbons (Fsp3) is 0.688. The number of hydrogen-bond donors (Lipinski definition) is 7. The maximum absolute atomic E-state index is 12.6. The van der Waals surface area contributed by atoms with Crippen LogP contribution in [0.5, 0.6) is 0 Å². The van der Waals surface area contributed by atoms with Crippen molar-refractivity contribution in [1.82, 2.24) is 16.0 Å². The van der Waals surface area contributed by atoms with E-state index in [9.17, 15) is 34.2 Å². The van der Waals surface area contributed by atoms with Crippen LogP contribution in [0, 0.1) is 5.92 Å². The minimum Gasteiger partial charge on any atom is -0.480 e. The lowest BCUT2D eigenvalue weighted by molar-refractivity contribution is -0.143. The van der Waals surface area contributed by atoms with Gasteiger partial charge in [-0.2, -0.15) is 0 Å². The van der Waals surface area contributed by atoms with Gasteiger partial charge in [0.05, 0.1) is 13.2 Å². The molecule has 0 heterocycles. The molecule has 0 aromatic heterocycles. The number of aliphatic carboxylic acids is 1. The molecule has 160 valence electrons. The van der Waals surface area contributed by atoms with Crippen LogP contribution in [0.1, 0.15) is 33.1 Å². The molecule has 0 saturated carbocycles. The first-order valence-electron chi connectivity index (χ1n) is 8.79. The van der Waals surface area contributed by atoms with Crippen molar-refractivity contribution in [2.75, 3.05) is 13.2 Å². The van der Waals surface area contributed by atoms with Gasteiger partial charge >= 0.3 is 5.97 Å². The lowest BCUT2D eigenvalue weighted by atomic mass is 9.97. The predicted molar refractivity (Wildman–Crippen MR) is 97.5 cm³/mol. The van der Waals surface area contributed by atoms with E-state index >= 15 is 0 Å². The number of rotatable bonds is 13. The van der Waals surface area contributed by atoms with Crippen LogP contribution < -0.4 is 27.4 Å². The monoisotopic (exact) mass is 403 g/mol. The molecule has 0 radical (unpaired) electrons. The number of carbonyl (C=O) groups excluding carboxylic acids is 4. The summed E-state index contributed by atoms with van der Waals surface area (Å²) in [6.45, 7) is 2.32. The van der Waals surface area contributed by atoms with E-state index in [4.69, 9.17) is 11.5 Å². The van der Waals surface area contributed by atoms with Crippen molar-refractivity contribution in [1.29, 1.82) is 0 Å². The van der Waals surface area contributed by atoms with Crippen LogP contribution in [0.15, 0.2) is 0 Å². The third kappa shape index (κ3) is 8.77. The highest BCUT2D eigenvalue weighted by atomic mass is 16.4. The molecule has 0 bridgehead atoms. The van der Waals surface area contributed by atoms with Crippen LogP contribution in [0.3, 0.4) is 0 Å². The molecule has 0 aromatic carbocycles. The number of aliphatic hydroxyl groups excluding tert-OH is 1. The van der Waals surface area contributed by atoms with E-state index in [1.165, 1.54) is 0 Å². The Hall–Kier alpha value is -2.73. The molecular weight excluding hydrogens is 374 g/mol. The molecule has 28 heavy (non-hydrogen) atoms. The zero-order chi connectivity index (χ0) is 21.9. The number of amides is 4. The van der Waals surface area contributed by atoms with Crippen molar-refractivity contribution in [3.63, 3.8) is 0 Å². The Morgan fingerprint density at radius 1 is 1.00 bits per heavy atom. The molecule has 0 aliphatic carbocycles. The molecule has 0 rings (SSSR count). The number of nitrogens with one attached hydrogen (secondary N) is 3. The second-order valence-corrected chi connectivity index (χ2v) is 6.28. The van der Waals surface area contributed by atoms with Gasteiger partial charge in [0.1, 0.15) is 18.1 Å². The highest BCUT2D eigenvalue weighted by Gasteiger charge is 2.32. The molecule has 12 nitrogen and oxygen atoms in total. The summed E-state index contributed by atoms with van der Waals surface area (Å²) in [7, 11) is 0. The number of primary amides is 1. The number of carbonyl (C=O) groups is 5. The second kappa shape index (κ2) is 12.6. The first-order chi connectivity index (χ1) is 13.1. The van der Waals surface area contributed by atoms with Crippen molar-refractivity contribution < 1.29 is 34.2 Å². The van der Waals surface area contributed by atoms with E-state index in [1.54, 1.807) is 13.8 Å². The molecule has 0 spiro atoms. The first kappa shape index (κ1) is 25.3. The molecule has 0 aliphatic rings. The van der Waals surface area contributed by atoms with Crippen LogP contribution >= 0.6 is 0 Å². The number of carboxylic acids is 1. The van der Waals surface area contributed by atoms with Gasteiger partial charge in [0.2, 0.25) is 23.6 Å². The lowest BCUT2D eigenvalue weighted by Crippen LogP contribution is -2.58. The highest BCUT2D eigenvalue weighted by Crippen LogP contribution is 2.10. The summed E-state index contributed by atoms with van der Waals surface area (Å²) in [5.41, 5.74) is 10.1. The maximum atomic E-state index is 12.6. The summed E-state index contributed by atoms with van der Waals surface area (Å²) in [5.74, 6) is -4.73. The first-order valence-corrected chi connectivity index (χ1v) is 8.79. The van der Waals surface area contributed by atoms with Gasteiger partial charge in [0.25, 0.3) is 0 Å². The van der Waals surface area contributed by atoms with Gasteiger partial charge in [0.15, 0.2) is 0 Å². The number of hydrogen-bond acceptors (Lipinski definition) is 7. The molecule has 0 aliphatic heterocycles. The van der Waals surface area contributed by atoms with Crippen LogP contribution in [0.25, 0.3) is 0 Å². The standard InChI is InChI=1S/C16H29N5O7/c1-3-8(2)13(21-14(25)10(7-22)19-12(24)6-17)15(26)20-9(16(27)28)4-5-11(18)23/h8-10,13,22H,3-7,17H2,1-2H3,(H2,18,23)(H,19,24)(H,20,26)(H,21,25)(H,27,28). The number of nitrogens with two attached hydrogens (primary N) is 2. The van der Waals surface area contributed by atoms with Gasteiger partial charge in [-0.1, -0.05) is 20.3 Å². The molecule has 0 saturated heterocycles. The fourth-order valence-electron chi connectivity index (χ4n) is 2.21. The predicted octanol–water partition coefficient (Wildman–Crippen LogP) is -3.21. The van der Waals surface area contributed by atoms with Crippen LogP contribution in [-0.4, -0.2) is 71.1 Å². The molecule has 4 amide bonds. The van der Waals surface area contributed by atoms with Crippen molar-refractivity contribution in [2.24, 2.45) is 17.4 Å². The normalized spacial score (nSPS) is 14.9. The van der Waals surface area contributed by atoms with Gasteiger partial charge in [-0.25, -0.2) is 4.79 Å². The minimum absolute atomic E-state index is 0.205. The summed E-state index contributed by atoms with van der Waals surface area (Å²) < 4.78 is 0. The molecule has 12 heteroatoms. The van der Waals surface area contributed by atoms with Gasteiger partial charge < -0.3 is 37.6 Å². The number of aliphatic hydroxyl groups is 1. The lowest BCUT2D eigenvalue weighted by Gasteiger charge is -2.27.